The molecule has 0 aliphatic heterocycles. The summed E-state index contributed by atoms with van der Waals surface area (Å²) < 4.78 is 10.1. The van der Waals surface area contributed by atoms with Crippen LogP contribution in [0.3, 0.4) is 0 Å². The Morgan fingerprint density at radius 3 is 3.00 bits per heavy atom. The predicted molar refractivity (Wildman–Crippen MR) is 77.6 cm³/mol. The quantitative estimate of drug-likeness (QED) is 0.730. The van der Waals surface area contributed by atoms with Gasteiger partial charge >= 0.3 is 5.97 Å². The minimum Gasteiger partial charge on any atom is -0.452 e. The van der Waals surface area contributed by atoms with Crippen molar-refractivity contribution in [2.24, 2.45) is 0 Å². The Morgan fingerprint density at radius 1 is 1.36 bits per heavy atom. The van der Waals surface area contributed by atoms with Crippen LogP contribution < -0.4 is 5.32 Å². The van der Waals surface area contributed by atoms with Crippen molar-refractivity contribution in [2.45, 2.75) is 6.92 Å². The van der Waals surface area contributed by atoms with Gasteiger partial charge in [-0.15, -0.1) is 10.2 Å². The van der Waals surface area contributed by atoms with Crippen molar-refractivity contribution >= 4 is 39.4 Å². The fourth-order valence-electron chi connectivity index (χ4n) is 1.76. The Morgan fingerprint density at radius 2 is 2.23 bits per heavy atom. The highest BCUT2D eigenvalue weighted by Gasteiger charge is 2.16. The summed E-state index contributed by atoms with van der Waals surface area (Å²) in [6.45, 7) is 1.34. The number of benzene rings is 1. The molecule has 112 valence electrons. The highest BCUT2D eigenvalue weighted by Crippen LogP contribution is 2.18. The molecule has 2 heterocycles. The third-order valence-corrected chi connectivity index (χ3v) is 3.44. The summed E-state index contributed by atoms with van der Waals surface area (Å²) in [6, 6.07) is 4.89. The zero-order chi connectivity index (χ0) is 15.5. The van der Waals surface area contributed by atoms with Crippen LogP contribution in [-0.2, 0) is 9.53 Å². The lowest BCUT2D eigenvalue weighted by atomic mass is 10.2. The van der Waals surface area contributed by atoms with E-state index < -0.39 is 18.5 Å². The van der Waals surface area contributed by atoms with Crippen LogP contribution in [0, 0.1) is 6.92 Å². The first kappa shape index (κ1) is 14.1. The van der Waals surface area contributed by atoms with E-state index in [1.807, 2.05) is 0 Å². The van der Waals surface area contributed by atoms with E-state index in [0.29, 0.717) is 16.2 Å². The van der Waals surface area contributed by atoms with Crippen LogP contribution in [0.1, 0.15) is 15.4 Å². The smallest absolute Gasteiger partial charge is 0.340 e. The maximum atomic E-state index is 12.0. The van der Waals surface area contributed by atoms with Gasteiger partial charge in [0.15, 0.2) is 18.6 Å². The van der Waals surface area contributed by atoms with Crippen LogP contribution in [0.25, 0.3) is 11.1 Å². The van der Waals surface area contributed by atoms with E-state index in [0.717, 1.165) is 5.01 Å². The van der Waals surface area contributed by atoms with Crippen LogP contribution in [0.15, 0.2) is 29.0 Å². The molecule has 0 spiro atoms. The summed E-state index contributed by atoms with van der Waals surface area (Å²) in [5.41, 5.74) is 1.11. The van der Waals surface area contributed by atoms with Gasteiger partial charge in [0, 0.05) is 0 Å². The molecule has 0 atom stereocenters. The maximum absolute atomic E-state index is 12.0. The number of esters is 1. The molecule has 0 aliphatic carbocycles. The van der Waals surface area contributed by atoms with Crippen LogP contribution in [-0.4, -0.2) is 33.7 Å². The average Bonchev–Trinajstić information content (AvgIpc) is 3.13. The summed E-state index contributed by atoms with van der Waals surface area (Å²) in [4.78, 5) is 27.6. The van der Waals surface area contributed by atoms with Gasteiger partial charge in [-0.2, -0.15) is 0 Å². The van der Waals surface area contributed by atoms with E-state index in [1.54, 1.807) is 25.1 Å². The van der Waals surface area contributed by atoms with Crippen molar-refractivity contribution in [1.82, 2.24) is 15.2 Å². The molecule has 0 bridgehead atoms. The van der Waals surface area contributed by atoms with Crippen LogP contribution in [0.4, 0.5) is 5.13 Å². The van der Waals surface area contributed by atoms with Gasteiger partial charge in [-0.25, -0.2) is 9.78 Å². The first-order chi connectivity index (χ1) is 10.6. The van der Waals surface area contributed by atoms with Crippen LogP contribution >= 0.6 is 11.3 Å². The predicted octanol–water partition coefficient (Wildman–Crippen LogP) is 1.78. The lowest BCUT2D eigenvalue weighted by Crippen LogP contribution is -2.21. The van der Waals surface area contributed by atoms with Gasteiger partial charge in [-0.1, -0.05) is 17.4 Å². The van der Waals surface area contributed by atoms with Gasteiger partial charge in [-0.05, 0) is 19.1 Å². The standard InChI is InChI=1S/C13H10N4O4S/c1-7-16-17-13(22-7)15-10(18)5-20-12(19)8-3-2-4-9-11(8)14-6-21-9/h2-4,6H,5H2,1H3,(H,15,17,18). The number of rotatable bonds is 4. The summed E-state index contributed by atoms with van der Waals surface area (Å²) in [5.74, 6) is -1.14. The molecule has 8 nitrogen and oxygen atoms in total. The molecule has 3 aromatic rings. The minimum atomic E-state index is -0.650. The van der Waals surface area contributed by atoms with Gasteiger partial charge < -0.3 is 9.15 Å². The fourth-order valence-corrected chi connectivity index (χ4v) is 2.37. The first-order valence-corrected chi connectivity index (χ1v) is 7.04. The topological polar surface area (TPSA) is 107 Å². The number of aryl methyl sites for hydroxylation is 1. The van der Waals surface area contributed by atoms with Crippen molar-refractivity contribution in [3.8, 4) is 0 Å². The Labute approximate surface area is 128 Å². The highest BCUT2D eigenvalue weighted by atomic mass is 32.1. The SMILES string of the molecule is Cc1nnc(NC(=O)COC(=O)c2cccc3ocnc23)s1. The van der Waals surface area contributed by atoms with Gasteiger partial charge in [0.1, 0.15) is 10.5 Å². The van der Waals surface area contributed by atoms with E-state index in [9.17, 15) is 9.59 Å². The number of ether oxygens (including phenoxy) is 1. The zero-order valence-electron chi connectivity index (χ0n) is 11.4. The number of hydrogen-bond acceptors (Lipinski definition) is 8. The molecule has 22 heavy (non-hydrogen) atoms. The first-order valence-electron chi connectivity index (χ1n) is 6.23. The molecule has 0 radical (unpaired) electrons. The fraction of sp³-hybridized carbons (Fsp3) is 0.154. The third-order valence-electron chi connectivity index (χ3n) is 2.69. The van der Waals surface area contributed by atoms with Gasteiger partial charge in [0.2, 0.25) is 5.13 Å². The Balaban J connectivity index is 1.62. The second kappa shape index (κ2) is 5.90. The summed E-state index contributed by atoms with van der Waals surface area (Å²) in [6.07, 6.45) is 1.24. The molecule has 0 saturated carbocycles. The molecule has 3 rings (SSSR count). The van der Waals surface area contributed by atoms with Crippen molar-refractivity contribution in [2.75, 3.05) is 11.9 Å². The summed E-state index contributed by atoms with van der Waals surface area (Å²) >= 11 is 1.23. The molecule has 0 unspecified atom stereocenters. The van der Waals surface area contributed by atoms with Crippen molar-refractivity contribution in [3.05, 3.63) is 35.2 Å². The maximum Gasteiger partial charge on any atom is 0.340 e. The van der Waals surface area contributed by atoms with E-state index in [-0.39, 0.29) is 5.56 Å². The molecular weight excluding hydrogens is 308 g/mol. The molecule has 1 amide bonds. The van der Waals surface area contributed by atoms with E-state index in [4.69, 9.17) is 9.15 Å². The number of carbonyl (C=O) groups excluding carboxylic acids is 2. The Bertz CT molecular complexity index is 841. The number of carbonyl (C=O) groups is 2. The van der Waals surface area contributed by atoms with Crippen LogP contribution in [0.5, 0.6) is 0 Å². The van der Waals surface area contributed by atoms with E-state index in [2.05, 4.69) is 20.5 Å². The van der Waals surface area contributed by atoms with E-state index >= 15 is 0 Å². The molecule has 9 heteroatoms. The normalized spacial score (nSPS) is 10.6. The number of nitrogens with zero attached hydrogens (tertiary/aromatic N) is 3. The number of fused-ring (bicyclic) bond motifs is 1. The van der Waals surface area contributed by atoms with Crippen LogP contribution in [0.2, 0.25) is 0 Å². The van der Waals surface area contributed by atoms with Gasteiger partial charge in [0.05, 0.1) is 5.56 Å². The zero-order valence-corrected chi connectivity index (χ0v) is 12.2. The lowest BCUT2D eigenvalue weighted by molar-refractivity contribution is -0.119. The van der Waals surface area contributed by atoms with Crippen molar-refractivity contribution in [1.29, 1.82) is 0 Å². The monoisotopic (exact) mass is 318 g/mol. The number of para-hydroxylation sites is 1. The van der Waals surface area contributed by atoms with Gasteiger partial charge in [-0.3, -0.25) is 10.1 Å². The molecule has 0 saturated heterocycles. The largest absolute Gasteiger partial charge is 0.452 e. The minimum absolute atomic E-state index is 0.241. The summed E-state index contributed by atoms with van der Waals surface area (Å²) in [7, 11) is 0. The molecule has 0 fully saturated rings. The second-order valence-corrected chi connectivity index (χ2v) is 5.44. The highest BCUT2D eigenvalue weighted by molar-refractivity contribution is 7.15. The van der Waals surface area contributed by atoms with Crippen molar-refractivity contribution in [3.63, 3.8) is 0 Å². The Hall–Kier alpha value is -2.81. The Kier molecular flexibility index (Phi) is 3.79. The lowest BCUT2D eigenvalue weighted by Gasteiger charge is -2.04. The number of nitrogens with one attached hydrogen (secondary N) is 1. The molecule has 2 aromatic heterocycles. The average molecular weight is 318 g/mol. The number of oxazole rings is 1. The number of hydrogen-bond donors (Lipinski definition) is 1. The third kappa shape index (κ3) is 2.93. The van der Waals surface area contributed by atoms with Gasteiger partial charge in [0.25, 0.3) is 5.91 Å². The number of amides is 1. The molecule has 0 aliphatic rings. The van der Waals surface area contributed by atoms with Crippen molar-refractivity contribution < 1.29 is 18.7 Å². The second-order valence-electron chi connectivity index (χ2n) is 4.26. The molecule has 1 aromatic carbocycles. The van der Waals surface area contributed by atoms with E-state index in [1.165, 1.54) is 17.7 Å². The number of anilines is 1. The number of aromatic nitrogens is 3. The molecule has 1 N–H and O–H groups in total. The molecular formula is C13H10N4O4S. The summed E-state index contributed by atoms with van der Waals surface area (Å²) in [5, 5.41) is 11.1.